The average Bonchev–Trinajstić information content (AvgIpc) is 2.84. The quantitative estimate of drug-likeness (QED) is 0.410. The van der Waals surface area contributed by atoms with E-state index >= 15 is 0 Å². The number of fused-ring (bicyclic) bond motifs is 1. The fourth-order valence-electron chi connectivity index (χ4n) is 4.34. The van der Waals surface area contributed by atoms with E-state index in [2.05, 4.69) is 6.92 Å². The number of carbonyl (C=O) groups is 1. The summed E-state index contributed by atoms with van der Waals surface area (Å²) >= 11 is 0. The van der Waals surface area contributed by atoms with Crippen LogP contribution in [0.1, 0.15) is 56.8 Å². The van der Waals surface area contributed by atoms with Crippen molar-refractivity contribution in [1.82, 2.24) is 0 Å². The van der Waals surface area contributed by atoms with E-state index in [9.17, 15) is 4.79 Å². The van der Waals surface area contributed by atoms with E-state index in [1.165, 1.54) is 0 Å². The van der Waals surface area contributed by atoms with E-state index in [1.54, 1.807) is 7.11 Å². The highest BCUT2D eigenvalue weighted by Crippen LogP contribution is 2.44. The maximum absolute atomic E-state index is 13.6. The second kappa shape index (κ2) is 10.3. The molecule has 6 nitrogen and oxygen atoms in total. The van der Waals surface area contributed by atoms with Gasteiger partial charge in [0.15, 0.2) is 11.5 Å². The molecule has 1 aliphatic heterocycles. The number of ether oxygens (including phenoxy) is 3. The van der Waals surface area contributed by atoms with Crippen molar-refractivity contribution in [2.75, 3.05) is 17.7 Å². The number of benzene rings is 3. The summed E-state index contributed by atoms with van der Waals surface area (Å²) in [4.78, 5) is 15.5. The third kappa shape index (κ3) is 5.21. The van der Waals surface area contributed by atoms with E-state index in [4.69, 9.17) is 19.9 Å². The summed E-state index contributed by atoms with van der Waals surface area (Å²) < 4.78 is 17.7. The SMILES string of the molecule is CCC(C)Oc1cc2c(cc1OC(C)C)CC(=O)N(c1ccc(OC)cc1)C2c1ccc(N)cc1. The molecule has 3 aromatic carbocycles. The van der Waals surface area contributed by atoms with E-state index in [0.29, 0.717) is 17.2 Å². The maximum atomic E-state index is 13.6. The molecule has 0 saturated carbocycles. The Labute approximate surface area is 207 Å². The molecule has 0 fully saturated rings. The van der Waals surface area contributed by atoms with E-state index < -0.39 is 0 Å². The lowest BCUT2D eigenvalue weighted by Gasteiger charge is -2.38. The molecule has 0 saturated heterocycles. The minimum Gasteiger partial charge on any atom is -0.497 e. The molecular formula is C29H34N2O4. The van der Waals surface area contributed by atoms with Gasteiger partial charge in [-0.25, -0.2) is 0 Å². The minimum atomic E-state index is -0.340. The molecule has 1 amide bonds. The summed E-state index contributed by atoms with van der Waals surface area (Å²) in [6, 6.07) is 18.9. The molecular weight excluding hydrogens is 440 g/mol. The Balaban J connectivity index is 1.89. The van der Waals surface area contributed by atoms with Gasteiger partial charge < -0.3 is 24.8 Å². The first-order valence-corrected chi connectivity index (χ1v) is 12.1. The molecule has 3 aromatic rings. The molecule has 0 radical (unpaired) electrons. The molecule has 35 heavy (non-hydrogen) atoms. The highest BCUT2D eigenvalue weighted by atomic mass is 16.5. The standard InChI is InChI=1S/C29H34N2O4/c1-6-19(4)35-27-17-25-21(15-26(27)34-18(2)3)16-28(32)31(23-11-13-24(33-5)14-12-23)29(25)20-7-9-22(30)10-8-20/h7-15,17-19,29H,6,16,30H2,1-5H3. The van der Waals surface area contributed by atoms with Crippen LogP contribution in [-0.2, 0) is 11.2 Å². The van der Waals surface area contributed by atoms with Crippen LogP contribution in [0.25, 0.3) is 0 Å². The number of anilines is 2. The van der Waals surface area contributed by atoms with Gasteiger partial charge in [0.2, 0.25) is 5.91 Å². The Hall–Kier alpha value is -3.67. The van der Waals surface area contributed by atoms with Crippen LogP contribution >= 0.6 is 0 Å². The second-order valence-electron chi connectivity index (χ2n) is 9.21. The van der Waals surface area contributed by atoms with Gasteiger partial charge in [-0.2, -0.15) is 0 Å². The molecule has 0 spiro atoms. The molecule has 1 aliphatic rings. The Kier molecular flexibility index (Phi) is 7.20. The predicted octanol–water partition coefficient (Wildman–Crippen LogP) is 5.92. The van der Waals surface area contributed by atoms with E-state index in [-0.39, 0.29) is 30.6 Å². The summed E-state index contributed by atoms with van der Waals surface area (Å²) in [7, 11) is 1.63. The van der Waals surface area contributed by atoms with Crippen molar-refractivity contribution in [3.8, 4) is 17.2 Å². The number of nitrogens with two attached hydrogens (primary N) is 1. The molecule has 2 N–H and O–H groups in total. The first-order chi connectivity index (χ1) is 16.8. The van der Waals surface area contributed by atoms with Gasteiger partial charge in [-0.15, -0.1) is 0 Å². The Bertz CT molecular complexity index is 1170. The molecule has 2 unspecified atom stereocenters. The molecule has 4 rings (SSSR count). The van der Waals surface area contributed by atoms with Crippen molar-refractivity contribution in [2.45, 2.75) is 58.8 Å². The smallest absolute Gasteiger partial charge is 0.232 e. The number of methoxy groups -OCH3 is 1. The number of hydrogen-bond donors (Lipinski definition) is 1. The lowest BCUT2D eigenvalue weighted by atomic mass is 9.86. The topological polar surface area (TPSA) is 74.0 Å². The Morgan fingerprint density at radius 3 is 2.23 bits per heavy atom. The normalized spacial score (nSPS) is 16.1. The summed E-state index contributed by atoms with van der Waals surface area (Å²) in [5.74, 6) is 2.11. The van der Waals surface area contributed by atoms with Crippen molar-refractivity contribution in [2.24, 2.45) is 0 Å². The van der Waals surface area contributed by atoms with Gasteiger partial charge in [0, 0.05) is 11.4 Å². The lowest BCUT2D eigenvalue weighted by Crippen LogP contribution is -2.41. The Morgan fingerprint density at radius 1 is 0.971 bits per heavy atom. The van der Waals surface area contributed by atoms with Crippen LogP contribution in [0.15, 0.2) is 60.7 Å². The van der Waals surface area contributed by atoms with Crippen LogP contribution in [0.2, 0.25) is 0 Å². The molecule has 0 aromatic heterocycles. The maximum Gasteiger partial charge on any atom is 0.232 e. The molecule has 1 heterocycles. The van der Waals surface area contributed by atoms with Gasteiger partial charge in [0.05, 0.1) is 31.8 Å². The van der Waals surface area contributed by atoms with Gasteiger partial charge in [-0.3, -0.25) is 4.79 Å². The first-order valence-electron chi connectivity index (χ1n) is 12.1. The van der Waals surface area contributed by atoms with Crippen molar-refractivity contribution in [1.29, 1.82) is 0 Å². The average molecular weight is 475 g/mol. The number of nitrogens with zero attached hydrogens (tertiary/aromatic N) is 1. The number of nitrogen functional groups attached to an aromatic ring is 1. The zero-order valence-electron chi connectivity index (χ0n) is 21.1. The molecule has 2 atom stereocenters. The highest BCUT2D eigenvalue weighted by Gasteiger charge is 2.36. The van der Waals surface area contributed by atoms with Gasteiger partial charge in [0.1, 0.15) is 5.75 Å². The second-order valence-corrected chi connectivity index (χ2v) is 9.21. The van der Waals surface area contributed by atoms with Crippen LogP contribution in [0, 0.1) is 0 Å². The van der Waals surface area contributed by atoms with Gasteiger partial charge in [-0.05, 0) is 92.4 Å². The zero-order chi connectivity index (χ0) is 25.1. The number of amides is 1. The summed E-state index contributed by atoms with van der Waals surface area (Å²) in [6.45, 7) is 8.11. The lowest BCUT2D eigenvalue weighted by molar-refractivity contribution is -0.118. The van der Waals surface area contributed by atoms with Crippen molar-refractivity contribution in [3.63, 3.8) is 0 Å². The van der Waals surface area contributed by atoms with E-state index in [1.807, 2.05) is 86.3 Å². The summed E-state index contributed by atoms with van der Waals surface area (Å²) in [6.07, 6.45) is 1.15. The fraction of sp³-hybridized carbons (Fsp3) is 0.345. The number of carbonyl (C=O) groups excluding carboxylic acids is 1. The molecule has 0 bridgehead atoms. The molecule has 0 aliphatic carbocycles. The Morgan fingerprint density at radius 2 is 1.63 bits per heavy atom. The number of rotatable bonds is 8. The van der Waals surface area contributed by atoms with Crippen LogP contribution < -0.4 is 24.8 Å². The summed E-state index contributed by atoms with van der Waals surface area (Å²) in [5, 5.41) is 0. The monoisotopic (exact) mass is 474 g/mol. The van der Waals surface area contributed by atoms with Crippen LogP contribution in [0.5, 0.6) is 17.2 Å². The van der Waals surface area contributed by atoms with Gasteiger partial charge in [-0.1, -0.05) is 19.1 Å². The third-order valence-corrected chi connectivity index (χ3v) is 6.24. The fourth-order valence-corrected chi connectivity index (χ4v) is 4.34. The van der Waals surface area contributed by atoms with Crippen LogP contribution in [0.3, 0.4) is 0 Å². The largest absolute Gasteiger partial charge is 0.497 e. The van der Waals surface area contributed by atoms with Crippen molar-refractivity contribution >= 4 is 17.3 Å². The molecule has 184 valence electrons. The van der Waals surface area contributed by atoms with Crippen molar-refractivity contribution < 1.29 is 19.0 Å². The zero-order valence-corrected chi connectivity index (χ0v) is 21.1. The van der Waals surface area contributed by atoms with Crippen LogP contribution in [0.4, 0.5) is 11.4 Å². The summed E-state index contributed by atoms with van der Waals surface area (Å²) in [5.41, 5.74) is 10.4. The predicted molar refractivity (Wildman–Crippen MR) is 139 cm³/mol. The minimum absolute atomic E-state index is 0.00980. The van der Waals surface area contributed by atoms with Gasteiger partial charge >= 0.3 is 0 Å². The van der Waals surface area contributed by atoms with Crippen LogP contribution in [-0.4, -0.2) is 25.2 Å². The van der Waals surface area contributed by atoms with E-state index in [0.717, 1.165) is 34.5 Å². The van der Waals surface area contributed by atoms with Gasteiger partial charge in [0.25, 0.3) is 0 Å². The molecule has 6 heteroatoms. The third-order valence-electron chi connectivity index (χ3n) is 6.24. The first kappa shape index (κ1) is 24.5. The van der Waals surface area contributed by atoms with Crippen molar-refractivity contribution in [3.05, 3.63) is 77.4 Å². The highest BCUT2D eigenvalue weighted by molar-refractivity contribution is 5.98. The number of hydrogen-bond acceptors (Lipinski definition) is 5.